The average molecular weight is 271 g/mol. The Balaban J connectivity index is 2.38. The van der Waals surface area contributed by atoms with E-state index in [1.807, 2.05) is 0 Å². The molecule has 0 bridgehead atoms. The summed E-state index contributed by atoms with van der Waals surface area (Å²) in [6.07, 6.45) is 7.49. The molecular formula is C13H13N5O2. The van der Waals surface area contributed by atoms with Crippen LogP contribution in [0.4, 0.5) is 0 Å². The smallest absolute Gasteiger partial charge is 0.259 e. The molecule has 1 N–H and O–H groups in total. The Hall–Kier alpha value is -2.96. The number of nitrogens with one attached hydrogen (secondary N) is 1. The maximum atomic E-state index is 11.9. The Morgan fingerprint density at radius 1 is 1.60 bits per heavy atom. The Morgan fingerprint density at radius 3 is 3.05 bits per heavy atom. The van der Waals surface area contributed by atoms with Crippen molar-refractivity contribution in [3.8, 4) is 11.8 Å². The van der Waals surface area contributed by atoms with Crippen molar-refractivity contribution >= 4 is 6.21 Å². The van der Waals surface area contributed by atoms with Gasteiger partial charge in [0.25, 0.3) is 5.56 Å². The van der Waals surface area contributed by atoms with Crippen molar-refractivity contribution in [3.63, 3.8) is 0 Å². The third-order valence-electron chi connectivity index (χ3n) is 2.39. The van der Waals surface area contributed by atoms with Crippen LogP contribution in [0.1, 0.15) is 5.56 Å². The van der Waals surface area contributed by atoms with Gasteiger partial charge in [-0.1, -0.05) is 13.2 Å². The van der Waals surface area contributed by atoms with Gasteiger partial charge in [-0.05, 0) is 6.92 Å². The van der Waals surface area contributed by atoms with Crippen LogP contribution in [0.15, 0.2) is 53.6 Å². The number of H-pyrrole nitrogens is 1. The van der Waals surface area contributed by atoms with E-state index in [1.165, 1.54) is 18.7 Å². The number of hydrogen-bond donors (Lipinski definition) is 1. The van der Waals surface area contributed by atoms with Crippen LogP contribution in [0.3, 0.4) is 0 Å². The Morgan fingerprint density at radius 2 is 2.40 bits per heavy atom. The first-order valence-electron chi connectivity index (χ1n) is 5.72. The molecule has 0 saturated heterocycles. The molecule has 0 saturated carbocycles. The minimum atomic E-state index is -0.299. The van der Waals surface area contributed by atoms with E-state index in [-0.39, 0.29) is 17.2 Å². The molecule has 0 radical (unpaired) electrons. The predicted molar refractivity (Wildman–Crippen MR) is 75.2 cm³/mol. The minimum absolute atomic E-state index is 0.165. The molecule has 2 aromatic rings. The van der Waals surface area contributed by atoms with Gasteiger partial charge in [0.15, 0.2) is 0 Å². The van der Waals surface area contributed by atoms with E-state index in [9.17, 15) is 4.79 Å². The van der Waals surface area contributed by atoms with Crippen LogP contribution in [0.25, 0.3) is 5.95 Å². The number of hydrogen-bond acceptors (Lipinski definition) is 5. The molecule has 0 aliphatic rings. The standard InChI is InChI=1S/C13H13N5O2/c1-4-14-7-9(2)20-12-10(3)11(19)16-13(17-12)18-6-5-15-8-18/h4-8H,1-2H2,3H3,(H,16,17,19). The van der Waals surface area contributed by atoms with Crippen molar-refractivity contribution in [2.45, 2.75) is 6.92 Å². The normalized spacial score (nSPS) is 10.7. The van der Waals surface area contributed by atoms with Gasteiger partial charge in [0.2, 0.25) is 11.8 Å². The number of aliphatic imine (C=N–C) groups is 1. The van der Waals surface area contributed by atoms with Crippen LogP contribution >= 0.6 is 0 Å². The Kier molecular flexibility index (Phi) is 3.90. The third-order valence-corrected chi connectivity index (χ3v) is 2.39. The molecular weight excluding hydrogens is 258 g/mol. The lowest BCUT2D eigenvalue weighted by Gasteiger charge is -2.08. The molecule has 0 aromatic carbocycles. The van der Waals surface area contributed by atoms with E-state index in [1.54, 1.807) is 23.9 Å². The molecule has 0 aliphatic heterocycles. The fourth-order valence-electron chi connectivity index (χ4n) is 1.39. The van der Waals surface area contributed by atoms with E-state index in [2.05, 4.69) is 33.1 Å². The second-order valence-corrected chi connectivity index (χ2v) is 3.82. The quantitative estimate of drug-likeness (QED) is 0.657. The topological polar surface area (TPSA) is 85.2 Å². The summed E-state index contributed by atoms with van der Waals surface area (Å²) in [5.41, 5.74) is 0.0502. The molecule has 0 atom stereocenters. The molecule has 7 heteroatoms. The van der Waals surface area contributed by atoms with E-state index < -0.39 is 0 Å². The SMILES string of the molecule is C=CN=CC(=C)Oc1nc(-n2ccnc2)[nH]c(=O)c1C. The van der Waals surface area contributed by atoms with E-state index >= 15 is 0 Å². The zero-order valence-electron chi connectivity index (χ0n) is 10.9. The maximum Gasteiger partial charge on any atom is 0.259 e. The fourth-order valence-corrected chi connectivity index (χ4v) is 1.39. The number of allylic oxidation sites excluding steroid dienone is 1. The van der Waals surface area contributed by atoms with Crippen LogP contribution in [0.5, 0.6) is 5.88 Å². The van der Waals surface area contributed by atoms with Crippen LogP contribution in [-0.4, -0.2) is 25.7 Å². The van der Waals surface area contributed by atoms with Crippen molar-refractivity contribution in [1.29, 1.82) is 0 Å². The zero-order chi connectivity index (χ0) is 14.5. The molecule has 0 amide bonds. The van der Waals surface area contributed by atoms with Crippen molar-refractivity contribution in [3.05, 3.63) is 59.8 Å². The van der Waals surface area contributed by atoms with Gasteiger partial charge in [-0.15, -0.1) is 0 Å². The monoisotopic (exact) mass is 271 g/mol. The summed E-state index contributed by atoms with van der Waals surface area (Å²) in [6, 6.07) is 0. The number of nitrogens with zero attached hydrogens (tertiary/aromatic N) is 4. The fraction of sp³-hybridized carbons (Fsp3) is 0.0769. The van der Waals surface area contributed by atoms with Crippen LogP contribution in [-0.2, 0) is 0 Å². The highest BCUT2D eigenvalue weighted by atomic mass is 16.5. The molecule has 2 aromatic heterocycles. The lowest BCUT2D eigenvalue weighted by atomic mass is 10.3. The first kappa shape index (κ1) is 13.5. The van der Waals surface area contributed by atoms with Crippen LogP contribution in [0.2, 0.25) is 0 Å². The summed E-state index contributed by atoms with van der Waals surface area (Å²) < 4.78 is 6.97. The van der Waals surface area contributed by atoms with Crippen molar-refractivity contribution in [2.75, 3.05) is 0 Å². The van der Waals surface area contributed by atoms with Gasteiger partial charge in [0.05, 0.1) is 11.8 Å². The summed E-state index contributed by atoms with van der Waals surface area (Å²) in [7, 11) is 0. The van der Waals surface area contributed by atoms with Gasteiger partial charge < -0.3 is 4.74 Å². The largest absolute Gasteiger partial charge is 0.437 e. The highest BCUT2D eigenvalue weighted by Gasteiger charge is 2.10. The highest BCUT2D eigenvalue weighted by Crippen LogP contribution is 2.13. The van der Waals surface area contributed by atoms with Crippen molar-refractivity contribution < 1.29 is 4.74 Å². The Labute approximate surface area is 115 Å². The average Bonchev–Trinajstić information content (AvgIpc) is 2.95. The van der Waals surface area contributed by atoms with E-state index in [4.69, 9.17) is 4.74 Å². The van der Waals surface area contributed by atoms with Gasteiger partial charge in [0.1, 0.15) is 12.1 Å². The second kappa shape index (κ2) is 5.79. The first-order chi connectivity index (χ1) is 9.61. The number of imidazole rings is 1. The van der Waals surface area contributed by atoms with Crippen molar-refractivity contribution in [2.24, 2.45) is 4.99 Å². The van der Waals surface area contributed by atoms with Gasteiger partial charge in [-0.25, -0.2) is 4.98 Å². The summed E-state index contributed by atoms with van der Waals surface area (Å²) in [5, 5.41) is 0. The summed E-state index contributed by atoms with van der Waals surface area (Å²) in [6.45, 7) is 8.71. The van der Waals surface area contributed by atoms with Crippen LogP contribution in [0, 0.1) is 6.92 Å². The van der Waals surface area contributed by atoms with Gasteiger partial charge in [-0.2, -0.15) is 4.98 Å². The van der Waals surface area contributed by atoms with E-state index in [0.717, 1.165) is 0 Å². The Bertz CT molecular complexity index is 713. The molecule has 0 fully saturated rings. The summed E-state index contributed by atoms with van der Waals surface area (Å²) in [4.78, 5) is 26.4. The molecule has 0 unspecified atom stereocenters. The van der Waals surface area contributed by atoms with Gasteiger partial charge in [-0.3, -0.25) is 19.3 Å². The molecule has 7 nitrogen and oxygen atoms in total. The van der Waals surface area contributed by atoms with Crippen molar-refractivity contribution in [1.82, 2.24) is 19.5 Å². The molecule has 0 aliphatic carbocycles. The zero-order valence-corrected chi connectivity index (χ0v) is 10.9. The second-order valence-electron chi connectivity index (χ2n) is 3.82. The van der Waals surface area contributed by atoms with Crippen LogP contribution < -0.4 is 10.3 Å². The number of ether oxygens (including phenoxy) is 1. The molecule has 0 spiro atoms. The molecule has 20 heavy (non-hydrogen) atoms. The van der Waals surface area contributed by atoms with Gasteiger partial charge in [0, 0.05) is 18.6 Å². The van der Waals surface area contributed by atoms with E-state index in [0.29, 0.717) is 11.5 Å². The number of rotatable bonds is 5. The minimum Gasteiger partial charge on any atom is -0.437 e. The highest BCUT2D eigenvalue weighted by molar-refractivity contribution is 5.76. The predicted octanol–water partition coefficient (Wildman–Crippen LogP) is 1.37. The summed E-state index contributed by atoms with van der Waals surface area (Å²) in [5.74, 6) is 0.724. The third kappa shape index (κ3) is 2.89. The maximum absolute atomic E-state index is 11.9. The lowest BCUT2D eigenvalue weighted by molar-refractivity contribution is 0.433. The summed E-state index contributed by atoms with van der Waals surface area (Å²) >= 11 is 0. The van der Waals surface area contributed by atoms with Gasteiger partial charge >= 0.3 is 0 Å². The number of aromatic amines is 1. The number of aromatic nitrogens is 4. The molecule has 2 rings (SSSR count). The lowest BCUT2D eigenvalue weighted by Crippen LogP contribution is -2.17. The first-order valence-corrected chi connectivity index (χ1v) is 5.72. The molecule has 102 valence electrons. The molecule has 2 heterocycles.